The van der Waals surface area contributed by atoms with Gasteiger partial charge in [-0.15, -0.1) is 0 Å². The molecule has 3 nitrogen and oxygen atoms in total. The number of carbonyl (C=O) groups is 1. The highest BCUT2D eigenvalue weighted by Crippen LogP contribution is 2.56. The number of hydrogen-bond acceptors (Lipinski definition) is 3. The number of fused-ring (bicyclic) bond motifs is 3. The van der Waals surface area contributed by atoms with Crippen molar-refractivity contribution in [2.24, 2.45) is 5.92 Å². The highest BCUT2D eigenvalue weighted by Gasteiger charge is 2.55. The first-order valence-corrected chi connectivity index (χ1v) is 6.54. The van der Waals surface area contributed by atoms with Gasteiger partial charge < -0.3 is 9.84 Å². The molecule has 1 aromatic carbocycles. The number of rotatable bonds is 2. The third-order valence-corrected chi connectivity index (χ3v) is 4.38. The van der Waals surface area contributed by atoms with E-state index < -0.39 is 5.60 Å². The van der Waals surface area contributed by atoms with Crippen molar-refractivity contribution in [1.82, 2.24) is 0 Å². The molecule has 3 rings (SSSR count). The summed E-state index contributed by atoms with van der Waals surface area (Å²) in [6, 6.07) is 8.30. The third-order valence-electron chi connectivity index (χ3n) is 4.38. The van der Waals surface area contributed by atoms with Crippen LogP contribution in [-0.4, -0.2) is 23.3 Å². The fourth-order valence-corrected chi connectivity index (χ4v) is 3.57. The Morgan fingerprint density at radius 2 is 2.28 bits per heavy atom. The summed E-state index contributed by atoms with van der Waals surface area (Å²) in [6.07, 6.45) is 2.52. The maximum Gasteiger partial charge on any atom is 0.302 e. The maximum absolute atomic E-state index is 10.9. The highest BCUT2D eigenvalue weighted by atomic mass is 16.5. The molecule has 2 aliphatic carbocycles. The summed E-state index contributed by atoms with van der Waals surface area (Å²) >= 11 is 0. The van der Waals surface area contributed by atoms with Crippen molar-refractivity contribution in [1.29, 1.82) is 0 Å². The standard InChI is InChI=1S/C15H18O3/c1-10(16)18-9-12-8-15(17)7-6-11-4-2-3-5-13(11)14(12)15/h2-5,12,14,17H,6-9H2,1H3/t12-,14+,15-/m0/s1. The topological polar surface area (TPSA) is 46.5 Å². The van der Waals surface area contributed by atoms with Gasteiger partial charge in [0.2, 0.25) is 0 Å². The summed E-state index contributed by atoms with van der Waals surface area (Å²) in [5.74, 6) is 0.164. The lowest BCUT2D eigenvalue weighted by Crippen LogP contribution is -2.56. The van der Waals surface area contributed by atoms with Crippen LogP contribution >= 0.6 is 0 Å². The molecule has 0 spiro atoms. The Morgan fingerprint density at radius 3 is 3.06 bits per heavy atom. The van der Waals surface area contributed by atoms with Gasteiger partial charge in [-0.05, 0) is 30.4 Å². The molecular formula is C15H18O3. The molecule has 18 heavy (non-hydrogen) atoms. The van der Waals surface area contributed by atoms with E-state index in [1.807, 2.05) is 12.1 Å². The van der Waals surface area contributed by atoms with Gasteiger partial charge in [0.25, 0.3) is 0 Å². The zero-order valence-corrected chi connectivity index (χ0v) is 10.6. The predicted octanol–water partition coefficient (Wildman–Crippen LogP) is 2.03. The first-order chi connectivity index (χ1) is 8.60. The monoisotopic (exact) mass is 246 g/mol. The summed E-state index contributed by atoms with van der Waals surface area (Å²) in [7, 11) is 0. The molecule has 3 heteroatoms. The molecule has 0 heterocycles. The summed E-state index contributed by atoms with van der Waals surface area (Å²) < 4.78 is 5.10. The minimum atomic E-state index is -0.570. The van der Waals surface area contributed by atoms with E-state index >= 15 is 0 Å². The van der Waals surface area contributed by atoms with Gasteiger partial charge in [0, 0.05) is 18.8 Å². The van der Waals surface area contributed by atoms with Crippen LogP contribution in [0.2, 0.25) is 0 Å². The molecule has 3 atom stereocenters. The van der Waals surface area contributed by atoms with E-state index in [0.717, 1.165) is 19.3 Å². The van der Waals surface area contributed by atoms with Gasteiger partial charge in [-0.2, -0.15) is 0 Å². The van der Waals surface area contributed by atoms with Crippen LogP contribution in [0.4, 0.5) is 0 Å². The molecule has 1 N–H and O–H groups in total. The van der Waals surface area contributed by atoms with E-state index in [9.17, 15) is 9.90 Å². The Balaban J connectivity index is 1.83. The maximum atomic E-state index is 10.9. The smallest absolute Gasteiger partial charge is 0.302 e. The lowest BCUT2D eigenvalue weighted by molar-refractivity contribution is -0.156. The minimum absolute atomic E-state index is 0.141. The van der Waals surface area contributed by atoms with Crippen LogP contribution in [0.15, 0.2) is 24.3 Å². The van der Waals surface area contributed by atoms with Crippen LogP contribution < -0.4 is 0 Å². The lowest BCUT2D eigenvalue weighted by atomic mass is 9.54. The van der Waals surface area contributed by atoms with Crippen LogP contribution in [0.1, 0.15) is 36.8 Å². The average Bonchev–Trinajstić information content (AvgIpc) is 2.32. The molecular weight excluding hydrogens is 228 g/mol. The Morgan fingerprint density at radius 1 is 1.50 bits per heavy atom. The SMILES string of the molecule is CC(=O)OC[C@@H]1C[C@@]2(O)CCc3ccccc3[C@@H]12. The van der Waals surface area contributed by atoms with E-state index in [1.54, 1.807) is 0 Å². The van der Waals surface area contributed by atoms with E-state index in [-0.39, 0.29) is 17.8 Å². The molecule has 0 aliphatic heterocycles. The van der Waals surface area contributed by atoms with Crippen LogP contribution in [0.3, 0.4) is 0 Å². The number of benzene rings is 1. The Labute approximate surface area is 107 Å². The van der Waals surface area contributed by atoms with Crippen molar-refractivity contribution >= 4 is 5.97 Å². The molecule has 0 amide bonds. The number of aliphatic hydroxyl groups is 1. The predicted molar refractivity (Wildman–Crippen MR) is 67.2 cm³/mol. The van der Waals surface area contributed by atoms with Crippen LogP contribution in [-0.2, 0) is 16.0 Å². The van der Waals surface area contributed by atoms with Crippen molar-refractivity contribution in [2.75, 3.05) is 6.61 Å². The van der Waals surface area contributed by atoms with E-state index in [4.69, 9.17) is 4.74 Å². The molecule has 0 aromatic heterocycles. The summed E-state index contributed by atoms with van der Waals surface area (Å²) in [6.45, 7) is 1.86. The second-order valence-electron chi connectivity index (χ2n) is 5.55. The lowest BCUT2D eigenvalue weighted by Gasteiger charge is -2.55. The quantitative estimate of drug-likeness (QED) is 0.812. The molecule has 0 unspecified atom stereocenters. The first kappa shape index (κ1) is 11.7. The van der Waals surface area contributed by atoms with Crippen molar-refractivity contribution in [3.8, 4) is 0 Å². The molecule has 1 saturated carbocycles. The molecule has 96 valence electrons. The van der Waals surface area contributed by atoms with Crippen molar-refractivity contribution in [3.63, 3.8) is 0 Å². The Kier molecular flexibility index (Phi) is 2.67. The van der Waals surface area contributed by atoms with Crippen LogP contribution in [0.25, 0.3) is 0 Å². The number of carbonyl (C=O) groups excluding carboxylic acids is 1. The van der Waals surface area contributed by atoms with Gasteiger partial charge in [0.05, 0.1) is 12.2 Å². The summed E-state index contributed by atoms with van der Waals surface area (Å²) in [5.41, 5.74) is 2.01. The van der Waals surface area contributed by atoms with E-state index in [0.29, 0.717) is 6.61 Å². The zero-order chi connectivity index (χ0) is 12.8. The molecule has 2 aliphatic rings. The number of aryl methyl sites for hydroxylation is 1. The van der Waals surface area contributed by atoms with Crippen LogP contribution in [0, 0.1) is 5.92 Å². The number of ether oxygens (including phenoxy) is 1. The van der Waals surface area contributed by atoms with Gasteiger partial charge in [0.1, 0.15) is 0 Å². The third kappa shape index (κ3) is 1.74. The molecule has 0 bridgehead atoms. The van der Waals surface area contributed by atoms with Crippen molar-refractivity contribution in [3.05, 3.63) is 35.4 Å². The fourth-order valence-electron chi connectivity index (χ4n) is 3.57. The van der Waals surface area contributed by atoms with Gasteiger partial charge in [0.15, 0.2) is 0 Å². The second kappa shape index (κ2) is 4.09. The largest absolute Gasteiger partial charge is 0.466 e. The van der Waals surface area contributed by atoms with E-state index in [1.165, 1.54) is 18.1 Å². The highest BCUT2D eigenvalue weighted by molar-refractivity contribution is 5.65. The molecule has 0 radical (unpaired) electrons. The summed E-state index contributed by atoms with van der Waals surface area (Å²) in [5, 5.41) is 10.6. The average molecular weight is 246 g/mol. The van der Waals surface area contributed by atoms with Gasteiger partial charge in [-0.25, -0.2) is 0 Å². The Bertz CT molecular complexity index is 482. The van der Waals surface area contributed by atoms with Gasteiger partial charge >= 0.3 is 5.97 Å². The normalized spacial score (nSPS) is 33.0. The molecule has 1 fully saturated rings. The van der Waals surface area contributed by atoms with Crippen LogP contribution in [0.5, 0.6) is 0 Å². The number of hydrogen-bond donors (Lipinski definition) is 1. The van der Waals surface area contributed by atoms with Crippen molar-refractivity contribution < 1.29 is 14.6 Å². The van der Waals surface area contributed by atoms with Crippen molar-refractivity contribution in [2.45, 2.75) is 37.7 Å². The second-order valence-corrected chi connectivity index (χ2v) is 5.55. The molecule has 0 saturated heterocycles. The zero-order valence-electron chi connectivity index (χ0n) is 10.6. The number of esters is 1. The first-order valence-electron chi connectivity index (χ1n) is 6.54. The minimum Gasteiger partial charge on any atom is -0.466 e. The van der Waals surface area contributed by atoms with E-state index in [2.05, 4.69) is 12.1 Å². The molecule has 1 aromatic rings. The van der Waals surface area contributed by atoms with Gasteiger partial charge in [-0.3, -0.25) is 4.79 Å². The summed E-state index contributed by atoms with van der Waals surface area (Å²) in [4.78, 5) is 10.9. The fraction of sp³-hybridized carbons (Fsp3) is 0.533. The Hall–Kier alpha value is -1.35. The van der Waals surface area contributed by atoms with Gasteiger partial charge in [-0.1, -0.05) is 24.3 Å².